The smallest absolute Gasteiger partial charge is 0.180 e. The zero-order valence-electron chi connectivity index (χ0n) is 8.97. The molecule has 0 heterocycles. The molecule has 1 aromatic rings. The summed E-state index contributed by atoms with van der Waals surface area (Å²) in [4.78, 5) is 0.279. The van der Waals surface area contributed by atoms with Crippen LogP contribution in [-0.4, -0.2) is 25.9 Å². The van der Waals surface area contributed by atoms with Gasteiger partial charge < -0.3 is 5.11 Å². The highest BCUT2D eigenvalue weighted by atomic mass is 32.2. The summed E-state index contributed by atoms with van der Waals surface area (Å²) in [6, 6.07) is 6.82. The van der Waals surface area contributed by atoms with Gasteiger partial charge in [-0.3, -0.25) is 0 Å². The van der Waals surface area contributed by atoms with Gasteiger partial charge in [-0.15, -0.1) is 0 Å². The molecule has 0 radical (unpaired) electrons. The Hall–Kier alpha value is -0.870. The summed E-state index contributed by atoms with van der Waals surface area (Å²) in [7, 11) is -3.30. The summed E-state index contributed by atoms with van der Waals surface area (Å²) in [6.45, 7) is 3.77. The molecule has 1 N–H and O–H groups in total. The molecule has 0 amide bonds. The molecule has 1 rings (SSSR count). The van der Waals surface area contributed by atoms with Crippen LogP contribution in [0.5, 0.6) is 0 Å². The zero-order chi connectivity index (χ0) is 11.5. The van der Waals surface area contributed by atoms with Gasteiger partial charge in [-0.25, -0.2) is 8.42 Å². The van der Waals surface area contributed by atoms with Gasteiger partial charge in [-0.1, -0.05) is 26.0 Å². The quantitative estimate of drug-likeness (QED) is 0.851. The Morgan fingerprint density at radius 1 is 1.20 bits per heavy atom. The van der Waals surface area contributed by atoms with Crippen LogP contribution in [0.15, 0.2) is 29.2 Å². The van der Waals surface area contributed by atoms with Crippen LogP contribution in [0.1, 0.15) is 25.3 Å². The molecular formula is C11H16O3S. The van der Waals surface area contributed by atoms with Crippen LogP contribution in [0.25, 0.3) is 0 Å². The molecule has 1 aromatic carbocycles. The zero-order valence-corrected chi connectivity index (χ0v) is 9.79. The van der Waals surface area contributed by atoms with Gasteiger partial charge >= 0.3 is 0 Å². The van der Waals surface area contributed by atoms with Crippen molar-refractivity contribution < 1.29 is 13.5 Å². The first-order valence-electron chi connectivity index (χ1n) is 4.91. The molecule has 84 valence electrons. The van der Waals surface area contributed by atoms with Crippen LogP contribution in [0.4, 0.5) is 0 Å². The number of benzene rings is 1. The van der Waals surface area contributed by atoms with E-state index >= 15 is 0 Å². The number of aliphatic hydroxyl groups is 1. The fraction of sp³-hybridized carbons (Fsp3) is 0.455. The molecule has 0 bridgehead atoms. The van der Waals surface area contributed by atoms with Gasteiger partial charge in [0.25, 0.3) is 0 Å². The van der Waals surface area contributed by atoms with Gasteiger partial charge in [0.1, 0.15) is 0 Å². The van der Waals surface area contributed by atoms with E-state index in [0.29, 0.717) is 5.92 Å². The Labute approximate surface area is 90.7 Å². The third-order valence-electron chi connectivity index (χ3n) is 2.27. The predicted octanol–water partition coefficient (Wildman–Crippen LogP) is 1.58. The molecule has 0 aliphatic carbocycles. The number of hydrogen-bond donors (Lipinski definition) is 1. The van der Waals surface area contributed by atoms with Gasteiger partial charge in [0.15, 0.2) is 9.84 Å². The van der Waals surface area contributed by atoms with Crippen molar-refractivity contribution in [1.29, 1.82) is 0 Å². The maximum atomic E-state index is 11.6. The molecule has 0 unspecified atom stereocenters. The summed E-state index contributed by atoms with van der Waals surface area (Å²) in [5, 5.41) is 8.63. The first-order valence-corrected chi connectivity index (χ1v) is 6.56. The van der Waals surface area contributed by atoms with Crippen LogP contribution in [0.3, 0.4) is 0 Å². The van der Waals surface area contributed by atoms with Gasteiger partial charge in [0.05, 0.1) is 17.3 Å². The summed E-state index contributed by atoms with van der Waals surface area (Å²) in [5.74, 6) is 0.174. The van der Waals surface area contributed by atoms with Crippen LogP contribution < -0.4 is 0 Å². The third kappa shape index (κ3) is 3.04. The highest BCUT2D eigenvalue weighted by molar-refractivity contribution is 7.91. The van der Waals surface area contributed by atoms with Crippen LogP contribution in [0.2, 0.25) is 0 Å². The second-order valence-corrected chi connectivity index (χ2v) is 5.88. The van der Waals surface area contributed by atoms with E-state index in [1.54, 1.807) is 12.1 Å². The lowest BCUT2D eigenvalue weighted by atomic mass is 10.0. The fourth-order valence-electron chi connectivity index (χ4n) is 1.30. The second-order valence-electron chi connectivity index (χ2n) is 3.77. The van der Waals surface area contributed by atoms with Crippen molar-refractivity contribution in [2.45, 2.75) is 24.7 Å². The monoisotopic (exact) mass is 228 g/mol. The predicted molar refractivity (Wildman–Crippen MR) is 59.7 cm³/mol. The first-order chi connectivity index (χ1) is 6.97. The van der Waals surface area contributed by atoms with Gasteiger partial charge in [-0.2, -0.15) is 0 Å². The van der Waals surface area contributed by atoms with Crippen molar-refractivity contribution in [1.82, 2.24) is 0 Å². The van der Waals surface area contributed by atoms with Crippen LogP contribution >= 0.6 is 0 Å². The Balaban J connectivity index is 2.99. The van der Waals surface area contributed by atoms with Crippen LogP contribution in [-0.2, 0) is 9.84 Å². The Morgan fingerprint density at radius 2 is 1.73 bits per heavy atom. The average molecular weight is 228 g/mol. The van der Waals surface area contributed by atoms with E-state index in [2.05, 4.69) is 13.8 Å². The lowest BCUT2D eigenvalue weighted by Gasteiger charge is -2.07. The number of aliphatic hydroxyl groups excluding tert-OH is 1. The molecule has 0 aliphatic rings. The summed E-state index contributed by atoms with van der Waals surface area (Å²) in [6.07, 6.45) is 0. The maximum absolute atomic E-state index is 11.6. The molecule has 0 saturated carbocycles. The van der Waals surface area contributed by atoms with Crippen molar-refractivity contribution in [2.75, 3.05) is 12.4 Å². The highest BCUT2D eigenvalue weighted by Gasteiger charge is 2.13. The molecule has 0 atom stereocenters. The topological polar surface area (TPSA) is 54.4 Å². The second kappa shape index (κ2) is 4.77. The van der Waals surface area contributed by atoms with Crippen molar-refractivity contribution in [3.63, 3.8) is 0 Å². The molecular weight excluding hydrogens is 212 g/mol. The molecule has 3 nitrogen and oxygen atoms in total. The van der Waals surface area contributed by atoms with Crippen molar-refractivity contribution in [2.24, 2.45) is 0 Å². The molecule has 15 heavy (non-hydrogen) atoms. The summed E-state index contributed by atoms with van der Waals surface area (Å²) < 4.78 is 23.1. The lowest BCUT2D eigenvalue weighted by Crippen LogP contribution is -2.10. The molecule has 0 aromatic heterocycles. The van der Waals surface area contributed by atoms with Gasteiger partial charge in [-0.05, 0) is 23.6 Å². The first kappa shape index (κ1) is 12.2. The van der Waals surface area contributed by atoms with Crippen molar-refractivity contribution in [3.05, 3.63) is 29.8 Å². The van der Waals surface area contributed by atoms with E-state index in [4.69, 9.17) is 5.11 Å². The highest BCUT2D eigenvalue weighted by Crippen LogP contribution is 2.17. The minimum Gasteiger partial charge on any atom is -0.395 e. The molecule has 0 saturated heterocycles. The van der Waals surface area contributed by atoms with Gasteiger partial charge in [0.2, 0.25) is 0 Å². The summed E-state index contributed by atoms with van der Waals surface area (Å²) in [5.41, 5.74) is 1.11. The van der Waals surface area contributed by atoms with E-state index < -0.39 is 9.84 Å². The lowest BCUT2D eigenvalue weighted by molar-refractivity contribution is 0.319. The Morgan fingerprint density at radius 3 is 2.13 bits per heavy atom. The average Bonchev–Trinajstić information content (AvgIpc) is 2.18. The normalized spacial score (nSPS) is 12.0. The molecule has 0 aliphatic heterocycles. The Kier molecular flexibility index (Phi) is 3.88. The number of sulfone groups is 1. The molecule has 4 heteroatoms. The van der Waals surface area contributed by atoms with E-state index in [1.807, 2.05) is 12.1 Å². The van der Waals surface area contributed by atoms with E-state index in [1.165, 1.54) is 0 Å². The van der Waals surface area contributed by atoms with Crippen molar-refractivity contribution in [3.8, 4) is 0 Å². The SMILES string of the molecule is CC(C)c1ccc(S(=O)(=O)CCO)cc1. The van der Waals surface area contributed by atoms with Gasteiger partial charge in [0, 0.05) is 0 Å². The minimum atomic E-state index is -3.30. The van der Waals surface area contributed by atoms with E-state index in [9.17, 15) is 8.42 Å². The Bertz CT molecular complexity index is 404. The third-order valence-corrected chi connectivity index (χ3v) is 3.98. The van der Waals surface area contributed by atoms with E-state index in [0.717, 1.165) is 5.56 Å². The number of hydrogen-bond acceptors (Lipinski definition) is 3. The largest absolute Gasteiger partial charge is 0.395 e. The summed E-state index contributed by atoms with van der Waals surface area (Å²) >= 11 is 0. The molecule has 0 fully saturated rings. The minimum absolute atomic E-state index is 0.214. The van der Waals surface area contributed by atoms with Crippen molar-refractivity contribution >= 4 is 9.84 Å². The molecule has 0 spiro atoms. The standard InChI is InChI=1S/C11H16O3S/c1-9(2)10-3-5-11(6-4-10)15(13,14)8-7-12/h3-6,9,12H,7-8H2,1-2H3. The fourth-order valence-corrected chi connectivity index (χ4v) is 2.32. The van der Waals surface area contributed by atoms with Crippen LogP contribution in [0, 0.1) is 0 Å². The number of rotatable bonds is 4. The maximum Gasteiger partial charge on any atom is 0.180 e. The van der Waals surface area contributed by atoms with E-state index in [-0.39, 0.29) is 17.3 Å².